The molecular formula is C16H21NO3. The Morgan fingerprint density at radius 1 is 1.35 bits per heavy atom. The van der Waals surface area contributed by atoms with Gasteiger partial charge in [0.05, 0.1) is 12.5 Å². The Morgan fingerprint density at radius 2 is 2.05 bits per heavy atom. The number of benzene rings is 1. The van der Waals surface area contributed by atoms with Crippen LogP contribution in [0.15, 0.2) is 24.3 Å². The maximum absolute atomic E-state index is 12.3. The van der Waals surface area contributed by atoms with Crippen molar-refractivity contribution in [3.05, 3.63) is 35.4 Å². The second-order valence-electron chi connectivity index (χ2n) is 5.67. The van der Waals surface area contributed by atoms with Crippen LogP contribution in [-0.2, 0) is 14.3 Å². The van der Waals surface area contributed by atoms with Crippen LogP contribution in [0.2, 0.25) is 0 Å². The molecule has 20 heavy (non-hydrogen) atoms. The third-order valence-electron chi connectivity index (χ3n) is 3.92. The minimum Gasteiger partial charge on any atom is -0.381 e. The first-order valence-corrected chi connectivity index (χ1v) is 6.95. The minimum absolute atomic E-state index is 0.220. The average molecular weight is 275 g/mol. The zero-order valence-electron chi connectivity index (χ0n) is 12.2. The summed E-state index contributed by atoms with van der Waals surface area (Å²) in [5.74, 6) is -0.798. The highest BCUT2D eigenvalue weighted by atomic mass is 16.5. The largest absolute Gasteiger partial charge is 0.381 e. The van der Waals surface area contributed by atoms with Crippen molar-refractivity contribution in [2.45, 2.75) is 33.1 Å². The van der Waals surface area contributed by atoms with Crippen LogP contribution in [-0.4, -0.2) is 25.0 Å². The van der Waals surface area contributed by atoms with Crippen molar-refractivity contribution in [1.29, 1.82) is 0 Å². The predicted octanol–water partition coefficient (Wildman–Crippen LogP) is 2.17. The van der Waals surface area contributed by atoms with Crippen LogP contribution in [0.3, 0.4) is 0 Å². The SMILES string of the molecule is CCOCC1(C)CC(=O)NC(=O)C1c1ccccc1C. The van der Waals surface area contributed by atoms with E-state index in [9.17, 15) is 9.59 Å². The fourth-order valence-corrected chi connectivity index (χ4v) is 2.94. The number of hydrogen-bond acceptors (Lipinski definition) is 3. The van der Waals surface area contributed by atoms with E-state index in [4.69, 9.17) is 4.74 Å². The van der Waals surface area contributed by atoms with Crippen LogP contribution < -0.4 is 5.32 Å². The van der Waals surface area contributed by atoms with Crippen LogP contribution in [0.25, 0.3) is 0 Å². The molecule has 2 amide bonds. The zero-order valence-corrected chi connectivity index (χ0v) is 12.2. The summed E-state index contributed by atoms with van der Waals surface area (Å²) in [6, 6.07) is 7.82. The van der Waals surface area contributed by atoms with E-state index in [1.165, 1.54) is 0 Å². The van der Waals surface area contributed by atoms with Gasteiger partial charge >= 0.3 is 0 Å². The van der Waals surface area contributed by atoms with Crippen molar-refractivity contribution >= 4 is 11.8 Å². The van der Waals surface area contributed by atoms with Gasteiger partial charge in [-0.05, 0) is 25.0 Å². The van der Waals surface area contributed by atoms with E-state index >= 15 is 0 Å². The number of rotatable bonds is 4. The number of amides is 2. The van der Waals surface area contributed by atoms with E-state index in [0.29, 0.717) is 19.6 Å². The minimum atomic E-state index is -0.498. The predicted molar refractivity (Wildman–Crippen MR) is 76.3 cm³/mol. The summed E-state index contributed by atoms with van der Waals surface area (Å²) in [6.45, 7) is 6.83. The maximum atomic E-state index is 12.3. The van der Waals surface area contributed by atoms with Crippen molar-refractivity contribution in [3.63, 3.8) is 0 Å². The van der Waals surface area contributed by atoms with Gasteiger partial charge in [0.25, 0.3) is 0 Å². The fraction of sp³-hybridized carbons (Fsp3) is 0.500. The second kappa shape index (κ2) is 5.75. The third kappa shape index (κ3) is 2.75. The Kier molecular flexibility index (Phi) is 4.23. The summed E-state index contributed by atoms with van der Waals surface area (Å²) < 4.78 is 5.53. The smallest absolute Gasteiger partial charge is 0.234 e. The van der Waals surface area contributed by atoms with Gasteiger partial charge in [-0.25, -0.2) is 0 Å². The molecule has 0 spiro atoms. The number of imide groups is 1. The summed E-state index contributed by atoms with van der Waals surface area (Å²) in [5.41, 5.74) is 1.53. The summed E-state index contributed by atoms with van der Waals surface area (Å²) in [5, 5.41) is 2.45. The molecule has 0 saturated carbocycles. The molecule has 2 rings (SSSR count). The number of nitrogens with one attached hydrogen (secondary N) is 1. The van der Waals surface area contributed by atoms with Crippen LogP contribution in [0.4, 0.5) is 0 Å². The van der Waals surface area contributed by atoms with Crippen molar-refractivity contribution in [2.24, 2.45) is 5.41 Å². The molecule has 1 fully saturated rings. The number of piperidine rings is 1. The molecule has 2 unspecified atom stereocenters. The highest BCUT2D eigenvalue weighted by molar-refractivity contribution is 6.02. The number of carbonyl (C=O) groups is 2. The van der Waals surface area contributed by atoms with Gasteiger partial charge in [0.1, 0.15) is 0 Å². The molecule has 0 bridgehead atoms. The van der Waals surface area contributed by atoms with Gasteiger partial charge in [0.2, 0.25) is 11.8 Å². The topological polar surface area (TPSA) is 55.4 Å². The lowest BCUT2D eigenvalue weighted by Gasteiger charge is -2.40. The molecule has 1 heterocycles. The number of hydrogen-bond donors (Lipinski definition) is 1. The van der Waals surface area contributed by atoms with Crippen LogP contribution in [0.5, 0.6) is 0 Å². The molecule has 1 saturated heterocycles. The summed E-state index contributed by atoms with van der Waals surface area (Å²) in [4.78, 5) is 24.1. The molecule has 1 aromatic rings. The first-order chi connectivity index (χ1) is 9.48. The number of aryl methyl sites for hydroxylation is 1. The van der Waals surface area contributed by atoms with Crippen molar-refractivity contribution in [1.82, 2.24) is 5.32 Å². The molecule has 1 aliphatic heterocycles. The Bertz CT molecular complexity index is 526. The molecule has 1 aliphatic rings. The summed E-state index contributed by atoms with van der Waals surface area (Å²) in [7, 11) is 0. The molecule has 4 nitrogen and oxygen atoms in total. The van der Waals surface area contributed by atoms with E-state index in [-0.39, 0.29) is 17.7 Å². The second-order valence-corrected chi connectivity index (χ2v) is 5.67. The van der Waals surface area contributed by atoms with Crippen LogP contribution in [0, 0.1) is 12.3 Å². The van der Waals surface area contributed by atoms with E-state index in [0.717, 1.165) is 11.1 Å². The molecule has 0 aromatic heterocycles. The number of ether oxygens (including phenoxy) is 1. The average Bonchev–Trinajstić information content (AvgIpc) is 2.37. The van der Waals surface area contributed by atoms with Crippen molar-refractivity contribution in [2.75, 3.05) is 13.2 Å². The van der Waals surface area contributed by atoms with Gasteiger partial charge in [-0.3, -0.25) is 14.9 Å². The first-order valence-electron chi connectivity index (χ1n) is 6.95. The lowest BCUT2D eigenvalue weighted by atomic mass is 9.68. The molecule has 1 N–H and O–H groups in total. The van der Waals surface area contributed by atoms with E-state index in [1.807, 2.05) is 45.0 Å². The zero-order chi connectivity index (χ0) is 14.8. The van der Waals surface area contributed by atoms with Gasteiger partial charge in [-0.2, -0.15) is 0 Å². The van der Waals surface area contributed by atoms with Gasteiger partial charge in [-0.1, -0.05) is 31.2 Å². The van der Waals surface area contributed by atoms with Crippen LogP contribution >= 0.6 is 0 Å². The Balaban J connectivity index is 2.42. The standard InChI is InChI=1S/C16H21NO3/c1-4-20-10-16(3)9-13(18)17-15(19)14(16)12-8-6-5-7-11(12)2/h5-8,14H,4,9-10H2,1-3H3,(H,17,18,19). The highest BCUT2D eigenvalue weighted by Gasteiger charge is 2.46. The Labute approximate surface area is 119 Å². The molecule has 0 radical (unpaired) electrons. The van der Waals surface area contributed by atoms with Crippen molar-refractivity contribution in [3.8, 4) is 0 Å². The molecule has 4 heteroatoms. The van der Waals surface area contributed by atoms with Gasteiger partial charge in [0, 0.05) is 18.4 Å². The Morgan fingerprint density at radius 3 is 2.70 bits per heavy atom. The lowest BCUT2D eigenvalue weighted by molar-refractivity contribution is -0.141. The van der Waals surface area contributed by atoms with Crippen LogP contribution in [0.1, 0.15) is 37.3 Å². The van der Waals surface area contributed by atoms with Gasteiger partial charge in [0.15, 0.2) is 0 Å². The molecule has 2 atom stereocenters. The molecule has 0 aliphatic carbocycles. The maximum Gasteiger partial charge on any atom is 0.234 e. The normalized spacial score (nSPS) is 26.4. The number of carbonyl (C=O) groups excluding carboxylic acids is 2. The first kappa shape index (κ1) is 14.7. The molecule has 108 valence electrons. The summed E-state index contributed by atoms with van der Waals surface area (Å²) in [6.07, 6.45) is 0.303. The third-order valence-corrected chi connectivity index (χ3v) is 3.92. The van der Waals surface area contributed by atoms with E-state index < -0.39 is 5.41 Å². The van der Waals surface area contributed by atoms with E-state index in [1.54, 1.807) is 0 Å². The molecule has 1 aromatic carbocycles. The van der Waals surface area contributed by atoms with Crippen molar-refractivity contribution < 1.29 is 14.3 Å². The molecular weight excluding hydrogens is 254 g/mol. The van der Waals surface area contributed by atoms with Gasteiger partial charge < -0.3 is 4.74 Å². The monoisotopic (exact) mass is 275 g/mol. The highest BCUT2D eigenvalue weighted by Crippen LogP contribution is 2.42. The quantitative estimate of drug-likeness (QED) is 0.857. The summed E-state index contributed by atoms with van der Waals surface area (Å²) >= 11 is 0. The lowest BCUT2D eigenvalue weighted by Crippen LogP contribution is -2.51. The van der Waals surface area contributed by atoms with Gasteiger partial charge in [-0.15, -0.1) is 0 Å². The fourth-order valence-electron chi connectivity index (χ4n) is 2.94. The van der Waals surface area contributed by atoms with E-state index in [2.05, 4.69) is 5.32 Å². The Hall–Kier alpha value is -1.68.